The summed E-state index contributed by atoms with van der Waals surface area (Å²) in [6.07, 6.45) is 0. The third-order valence-corrected chi connectivity index (χ3v) is 3.19. The van der Waals surface area contributed by atoms with E-state index in [0.717, 1.165) is 11.3 Å². The van der Waals surface area contributed by atoms with Crippen LogP contribution in [0.1, 0.15) is 24.2 Å². The highest BCUT2D eigenvalue weighted by molar-refractivity contribution is 5.45. The number of benzene rings is 1. The molecular weight excluding hydrogens is 236 g/mol. The molecule has 0 saturated heterocycles. The van der Waals surface area contributed by atoms with Gasteiger partial charge in [0, 0.05) is 5.69 Å². The van der Waals surface area contributed by atoms with Crippen molar-refractivity contribution in [2.45, 2.75) is 19.9 Å². The molecule has 2 heterocycles. The number of fused-ring (bicyclic) bond motifs is 1. The van der Waals surface area contributed by atoms with Gasteiger partial charge in [0.1, 0.15) is 0 Å². The maximum atomic E-state index is 4.48. The van der Waals surface area contributed by atoms with Crippen LogP contribution in [0.5, 0.6) is 0 Å². The summed E-state index contributed by atoms with van der Waals surface area (Å²) in [6.45, 7) is 4.12. The Morgan fingerprint density at radius 2 is 1.84 bits per heavy atom. The van der Waals surface area contributed by atoms with E-state index in [0.29, 0.717) is 5.95 Å². The zero-order valence-corrected chi connectivity index (χ0v) is 11.0. The zero-order chi connectivity index (χ0) is 13.2. The highest BCUT2D eigenvalue weighted by atomic mass is 15.4. The Morgan fingerprint density at radius 3 is 2.58 bits per heavy atom. The van der Waals surface area contributed by atoms with Crippen molar-refractivity contribution in [1.29, 1.82) is 0 Å². The van der Waals surface area contributed by atoms with Crippen molar-refractivity contribution in [2.75, 3.05) is 5.32 Å². The SMILES string of the molecule is Cc1cccc2nc(NC(C)c3ccccc3)nn12. The number of aryl methyl sites for hydroxylation is 1. The Morgan fingerprint density at radius 1 is 1.05 bits per heavy atom. The van der Waals surface area contributed by atoms with Crippen LogP contribution in [0.15, 0.2) is 48.5 Å². The van der Waals surface area contributed by atoms with Gasteiger partial charge in [0.2, 0.25) is 5.95 Å². The molecule has 19 heavy (non-hydrogen) atoms. The molecule has 3 aromatic rings. The van der Waals surface area contributed by atoms with Crippen LogP contribution in [0.3, 0.4) is 0 Å². The van der Waals surface area contributed by atoms with Crippen molar-refractivity contribution < 1.29 is 0 Å². The summed E-state index contributed by atoms with van der Waals surface area (Å²) in [4.78, 5) is 4.48. The second-order valence-corrected chi connectivity index (χ2v) is 4.65. The Balaban J connectivity index is 1.88. The summed E-state index contributed by atoms with van der Waals surface area (Å²) in [5.74, 6) is 0.658. The first-order valence-corrected chi connectivity index (χ1v) is 6.38. The summed E-state index contributed by atoms with van der Waals surface area (Å²) >= 11 is 0. The molecule has 1 N–H and O–H groups in total. The number of nitrogens with one attached hydrogen (secondary N) is 1. The van der Waals surface area contributed by atoms with Crippen LogP contribution >= 0.6 is 0 Å². The maximum Gasteiger partial charge on any atom is 0.243 e. The predicted octanol–water partition coefficient (Wildman–Crippen LogP) is 3.21. The van der Waals surface area contributed by atoms with E-state index in [4.69, 9.17) is 0 Å². The molecular formula is C15H16N4. The predicted molar refractivity (Wildman–Crippen MR) is 76.2 cm³/mol. The van der Waals surface area contributed by atoms with Gasteiger partial charge in [0.05, 0.1) is 6.04 Å². The largest absolute Gasteiger partial charge is 0.346 e. The number of aromatic nitrogens is 3. The molecule has 3 rings (SSSR count). The fraction of sp³-hybridized carbons (Fsp3) is 0.200. The molecule has 0 amide bonds. The number of hydrogen-bond donors (Lipinski definition) is 1. The molecule has 1 unspecified atom stereocenters. The highest BCUT2D eigenvalue weighted by Gasteiger charge is 2.09. The molecule has 0 fully saturated rings. The van der Waals surface area contributed by atoms with Gasteiger partial charge in [-0.2, -0.15) is 4.98 Å². The van der Waals surface area contributed by atoms with E-state index in [1.165, 1.54) is 5.56 Å². The summed E-state index contributed by atoms with van der Waals surface area (Å²) in [5, 5.41) is 7.80. The van der Waals surface area contributed by atoms with Crippen LogP contribution in [-0.4, -0.2) is 14.6 Å². The van der Waals surface area contributed by atoms with E-state index >= 15 is 0 Å². The minimum Gasteiger partial charge on any atom is -0.346 e. The second-order valence-electron chi connectivity index (χ2n) is 4.65. The molecule has 0 spiro atoms. The Bertz CT molecular complexity index is 688. The fourth-order valence-electron chi connectivity index (χ4n) is 2.12. The van der Waals surface area contributed by atoms with Gasteiger partial charge >= 0.3 is 0 Å². The van der Waals surface area contributed by atoms with Gasteiger partial charge in [-0.05, 0) is 31.5 Å². The number of hydrogen-bond acceptors (Lipinski definition) is 3. The molecule has 2 aromatic heterocycles. The third kappa shape index (κ3) is 2.29. The van der Waals surface area contributed by atoms with E-state index in [1.807, 2.05) is 47.8 Å². The lowest BCUT2D eigenvalue weighted by Crippen LogP contribution is -2.07. The van der Waals surface area contributed by atoms with E-state index in [-0.39, 0.29) is 6.04 Å². The van der Waals surface area contributed by atoms with Crippen molar-refractivity contribution in [1.82, 2.24) is 14.6 Å². The van der Waals surface area contributed by atoms with Crippen molar-refractivity contribution in [3.63, 3.8) is 0 Å². The first kappa shape index (κ1) is 11.7. The van der Waals surface area contributed by atoms with Gasteiger partial charge in [-0.1, -0.05) is 36.4 Å². The number of anilines is 1. The Hall–Kier alpha value is -2.36. The number of rotatable bonds is 3. The van der Waals surface area contributed by atoms with Gasteiger partial charge in [-0.25, -0.2) is 4.52 Å². The Kier molecular flexibility index (Phi) is 2.91. The zero-order valence-electron chi connectivity index (χ0n) is 11.0. The first-order chi connectivity index (χ1) is 9.24. The molecule has 0 aliphatic rings. The van der Waals surface area contributed by atoms with Gasteiger partial charge in [-0.15, -0.1) is 5.10 Å². The van der Waals surface area contributed by atoms with Crippen LogP contribution in [0, 0.1) is 6.92 Å². The van der Waals surface area contributed by atoms with Gasteiger partial charge < -0.3 is 5.32 Å². The number of pyridine rings is 1. The monoisotopic (exact) mass is 252 g/mol. The van der Waals surface area contributed by atoms with E-state index in [2.05, 4.69) is 34.5 Å². The van der Waals surface area contributed by atoms with Crippen molar-refractivity contribution in [3.05, 3.63) is 59.8 Å². The number of nitrogens with zero attached hydrogens (tertiary/aromatic N) is 3. The molecule has 4 heteroatoms. The molecule has 0 aliphatic heterocycles. The van der Waals surface area contributed by atoms with E-state index in [1.54, 1.807) is 0 Å². The molecule has 1 atom stereocenters. The van der Waals surface area contributed by atoms with Crippen LogP contribution in [0.2, 0.25) is 0 Å². The average Bonchev–Trinajstić information content (AvgIpc) is 2.84. The van der Waals surface area contributed by atoms with Crippen LogP contribution in [-0.2, 0) is 0 Å². The normalized spacial score (nSPS) is 12.5. The van der Waals surface area contributed by atoms with Crippen LogP contribution in [0.4, 0.5) is 5.95 Å². The van der Waals surface area contributed by atoms with E-state index < -0.39 is 0 Å². The minimum absolute atomic E-state index is 0.180. The van der Waals surface area contributed by atoms with Crippen molar-refractivity contribution in [2.24, 2.45) is 0 Å². The molecule has 0 saturated carbocycles. The molecule has 4 nitrogen and oxygen atoms in total. The average molecular weight is 252 g/mol. The van der Waals surface area contributed by atoms with Crippen LogP contribution < -0.4 is 5.32 Å². The fourth-order valence-corrected chi connectivity index (χ4v) is 2.12. The highest BCUT2D eigenvalue weighted by Crippen LogP contribution is 2.17. The second kappa shape index (κ2) is 4.72. The van der Waals surface area contributed by atoms with Gasteiger partial charge in [0.25, 0.3) is 0 Å². The Labute approximate surface area is 112 Å². The summed E-state index contributed by atoms with van der Waals surface area (Å²) in [6, 6.07) is 16.4. The summed E-state index contributed by atoms with van der Waals surface area (Å²) in [7, 11) is 0. The minimum atomic E-state index is 0.180. The third-order valence-electron chi connectivity index (χ3n) is 3.19. The molecule has 96 valence electrons. The standard InChI is InChI=1S/C15H16N4/c1-11-7-6-10-14-17-15(18-19(11)14)16-12(2)13-8-4-3-5-9-13/h3-10,12H,1-2H3,(H,16,18). The summed E-state index contributed by atoms with van der Waals surface area (Å²) < 4.78 is 1.85. The van der Waals surface area contributed by atoms with Gasteiger partial charge in [0.15, 0.2) is 5.65 Å². The molecule has 0 aliphatic carbocycles. The summed E-state index contributed by atoms with van der Waals surface area (Å²) in [5.41, 5.74) is 3.16. The van der Waals surface area contributed by atoms with Gasteiger partial charge in [-0.3, -0.25) is 0 Å². The molecule has 1 aromatic carbocycles. The first-order valence-electron chi connectivity index (χ1n) is 6.38. The molecule has 0 radical (unpaired) electrons. The lowest BCUT2D eigenvalue weighted by molar-refractivity contribution is 0.846. The lowest BCUT2D eigenvalue weighted by atomic mass is 10.1. The van der Waals surface area contributed by atoms with Crippen LogP contribution in [0.25, 0.3) is 5.65 Å². The topological polar surface area (TPSA) is 42.2 Å². The quantitative estimate of drug-likeness (QED) is 0.778. The lowest BCUT2D eigenvalue weighted by Gasteiger charge is -2.11. The van der Waals surface area contributed by atoms with E-state index in [9.17, 15) is 0 Å². The van der Waals surface area contributed by atoms with Crippen molar-refractivity contribution >= 4 is 11.6 Å². The van der Waals surface area contributed by atoms with Crippen molar-refractivity contribution in [3.8, 4) is 0 Å². The smallest absolute Gasteiger partial charge is 0.243 e. The molecule has 0 bridgehead atoms. The maximum absolute atomic E-state index is 4.48.